The molecule has 0 aromatic heterocycles. The Kier molecular flexibility index (Phi) is 4.72. The lowest BCUT2D eigenvalue weighted by Gasteiger charge is -2.28. The molecule has 1 heterocycles. The van der Waals surface area contributed by atoms with E-state index in [1.807, 2.05) is 6.07 Å². The Morgan fingerprint density at radius 1 is 1.14 bits per heavy atom. The van der Waals surface area contributed by atoms with E-state index in [2.05, 4.69) is 27.3 Å². The van der Waals surface area contributed by atoms with Crippen LogP contribution in [0.5, 0.6) is 11.5 Å². The Bertz CT molecular complexity index is 501. The van der Waals surface area contributed by atoms with E-state index in [4.69, 9.17) is 9.47 Å². The van der Waals surface area contributed by atoms with Crippen LogP contribution in [0.1, 0.15) is 37.7 Å². The first-order chi connectivity index (χ1) is 10.2. The van der Waals surface area contributed by atoms with Crippen LogP contribution >= 0.6 is 15.9 Å². The fraction of sp³-hybridized carbons (Fsp3) is 0.625. The summed E-state index contributed by atoms with van der Waals surface area (Å²) in [6.45, 7) is 2.32. The molecule has 0 saturated heterocycles. The first-order valence-corrected chi connectivity index (χ1v) is 8.46. The number of nitrogens with one attached hydrogen (secondary N) is 1. The highest BCUT2D eigenvalue weighted by atomic mass is 79.9. The molecule has 5 heteroatoms. The highest BCUT2D eigenvalue weighted by Gasteiger charge is 2.32. The van der Waals surface area contributed by atoms with Crippen LogP contribution in [-0.4, -0.2) is 30.5 Å². The van der Waals surface area contributed by atoms with E-state index < -0.39 is 0 Å². The van der Waals surface area contributed by atoms with Crippen molar-refractivity contribution in [2.75, 3.05) is 19.8 Å². The van der Waals surface area contributed by atoms with Gasteiger partial charge in [0, 0.05) is 18.5 Å². The minimum atomic E-state index is -0.101. The summed E-state index contributed by atoms with van der Waals surface area (Å²) in [7, 11) is 0. The lowest BCUT2D eigenvalue weighted by Crippen LogP contribution is -2.45. The summed E-state index contributed by atoms with van der Waals surface area (Å²) in [5, 5.41) is 13.2. The number of benzene rings is 1. The average molecular weight is 356 g/mol. The van der Waals surface area contributed by atoms with Gasteiger partial charge in [-0.2, -0.15) is 0 Å². The third-order valence-electron chi connectivity index (χ3n) is 4.39. The molecule has 0 unspecified atom stereocenters. The molecular weight excluding hydrogens is 334 g/mol. The Morgan fingerprint density at radius 2 is 1.90 bits per heavy atom. The molecule has 1 aliphatic carbocycles. The van der Waals surface area contributed by atoms with Crippen molar-refractivity contribution in [3.05, 3.63) is 22.2 Å². The van der Waals surface area contributed by atoms with Gasteiger partial charge >= 0.3 is 0 Å². The monoisotopic (exact) mass is 355 g/mol. The summed E-state index contributed by atoms with van der Waals surface area (Å²) >= 11 is 3.57. The maximum Gasteiger partial charge on any atom is 0.175 e. The second kappa shape index (κ2) is 6.55. The predicted octanol–water partition coefficient (Wildman–Crippen LogP) is 3.01. The van der Waals surface area contributed by atoms with Crippen LogP contribution in [0.3, 0.4) is 0 Å². The highest BCUT2D eigenvalue weighted by molar-refractivity contribution is 9.10. The minimum Gasteiger partial charge on any atom is -0.490 e. The molecule has 1 saturated carbocycles. The minimum absolute atomic E-state index is 0.101. The molecule has 116 valence electrons. The molecule has 1 fully saturated rings. The zero-order valence-corrected chi connectivity index (χ0v) is 13.7. The van der Waals surface area contributed by atoms with Gasteiger partial charge in [0.15, 0.2) is 11.5 Å². The van der Waals surface area contributed by atoms with Gasteiger partial charge in [-0.15, -0.1) is 0 Å². The standard InChI is InChI=1S/C16H22BrNO3/c17-13-8-12(9-14-15(13)21-7-3-6-20-14)10-18-16(11-19)4-1-2-5-16/h8-9,18-19H,1-7,10-11H2. The topological polar surface area (TPSA) is 50.7 Å². The van der Waals surface area contributed by atoms with Gasteiger partial charge < -0.3 is 19.9 Å². The van der Waals surface area contributed by atoms with E-state index in [0.29, 0.717) is 13.2 Å². The summed E-state index contributed by atoms with van der Waals surface area (Å²) in [5.74, 6) is 1.61. The molecule has 3 rings (SSSR count). The van der Waals surface area contributed by atoms with Crippen LogP contribution in [0, 0.1) is 0 Å². The van der Waals surface area contributed by atoms with Crippen molar-refractivity contribution in [2.45, 2.75) is 44.2 Å². The van der Waals surface area contributed by atoms with Crippen molar-refractivity contribution in [3.8, 4) is 11.5 Å². The highest BCUT2D eigenvalue weighted by Crippen LogP contribution is 2.38. The zero-order valence-electron chi connectivity index (χ0n) is 12.2. The van der Waals surface area contributed by atoms with E-state index in [-0.39, 0.29) is 12.1 Å². The summed E-state index contributed by atoms with van der Waals surface area (Å²) in [4.78, 5) is 0. The average Bonchev–Trinajstić information content (AvgIpc) is 2.84. The fourth-order valence-electron chi connectivity index (χ4n) is 3.12. The third kappa shape index (κ3) is 3.35. The second-order valence-corrected chi connectivity index (χ2v) is 6.81. The van der Waals surface area contributed by atoms with Gasteiger partial charge in [0.25, 0.3) is 0 Å². The van der Waals surface area contributed by atoms with Gasteiger partial charge in [-0.05, 0) is 46.5 Å². The van der Waals surface area contributed by atoms with Crippen molar-refractivity contribution in [1.82, 2.24) is 5.32 Å². The van der Waals surface area contributed by atoms with Gasteiger partial charge in [0.05, 0.1) is 24.3 Å². The number of fused-ring (bicyclic) bond motifs is 1. The second-order valence-electron chi connectivity index (χ2n) is 5.95. The van der Waals surface area contributed by atoms with Gasteiger partial charge in [-0.3, -0.25) is 0 Å². The van der Waals surface area contributed by atoms with Crippen LogP contribution in [0.4, 0.5) is 0 Å². The molecule has 21 heavy (non-hydrogen) atoms. The SMILES string of the molecule is OCC1(NCc2cc(Br)c3c(c2)OCCCO3)CCCC1. The van der Waals surface area contributed by atoms with Gasteiger partial charge in [0.2, 0.25) is 0 Å². The Morgan fingerprint density at radius 3 is 2.67 bits per heavy atom. The molecule has 1 aliphatic heterocycles. The maximum atomic E-state index is 9.66. The number of hydrogen-bond acceptors (Lipinski definition) is 4. The molecule has 2 N–H and O–H groups in total. The van der Waals surface area contributed by atoms with Crippen molar-refractivity contribution in [1.29, 1.82) is 0 Å². The summed E-state index contributed by atoms with van der Waals surface area (Å²) < 4.78 is 12.4. The molecular formula is C16H22BrNO3. The van der Waals surface area contributed by atoms with E-state index in [1.54, 1.807) is 0 Å². The van der Waals surface area contributed by atoms with Crippen molar-refractivity contribution >= 4 is 15.9 Å². The number of aliphatic hydroxyl groups excluding tert-OH is 1. The molecule has 0 atom stereocenters. The zero-order chi connectivity index (χ0) is 14.7. The van der Waals surface area contributed by atoms with Crippen LogP contribution in [0.15, 0.2) is 16.6 Å². The van der Waals surface area contributed by atoms with Crippen LogP contribution in [0.2, 0.25) is 0 Å². The van der Waals surface area contributed by atoms with Gasteiger partial charge in [0.1, 0.15) is 0 Å². The van der Waals surface area contributed by atoms with E-state index in [0.717, 1.165) is 47.3 Å². The number of aliphatic hydroxyl groups is 1. The molecule has 0 bridgehead atoms. The number of halogens is 1. The maximum absolute atomic E-state index is 9.66. The van der Waals surface area contributed by atoms with E-state index in [9.17, 15) is 5.11 Å². The number of hydrogen-bond donors (Lipinski definition) is 2. The van der Waals surface area contributed by atoms with E-state index in [1.165, 1.54) is 12.8 Å². The molecule has 0 amide bonds. The normalized spacial score (nSPS) is 20.3. The third-order valence-corrected chi connectivity index (χ3v) is 4.98. The molecule has 1 aromatic rings. The van der Waals surface area contributed by atoms with Crippen LogP contribution in [-0.2, 0) is 6.54 Å². The summed E-state index contributed by atoms with van der Waals surface area (Å²) in [5.41, 5.74) is 1.04. The lowest BCUT2D eigenvalue weighted by atomic mass is 9.98. The molecule has 4 nitrogen and oxygen atoms in total. The Labute approximate surface area is 134 Å². The smallest absolute Gasteiger partial charge is 0.175 e. The van der Waals surface area contributed by atoms with Gasteiger partial charge in [-0.25, -0.2) is 0 Å². The predicted molar refractivity (Wildman–Crippen MR) is 84.9 cm³/mol. The van der Waals surface area contributed by atoms with Gasteiger partial charge in [-0.1, -0.05) is 12.8 Å². The van der Waals surface area contributed by atoms with Crippen molar-refractivity contribution in [3.63, 3.8) is 0 Å². The quantitative estimate of drug-likeness (QED) is 0.871. The first kappa shape index (κ1) is 15.1. The molecule has 1 aromatic carbocycles. The fourth-order valence-corrected chi connectivity index (χ4v) is 3.72. The van der Waals surface area contributed by atoms with E-state index >= 15 is 0 Å². The first-order valence-electron chi connectivity index (χ1n) is 7.66. The summed E-state index contributed by atoms with van der Waals surface area (Å²) in [6, 6.07) is 4.11. The van der Waals surface area contributed by atoms with Crippen molar-refractivity contribution in [2.24, 2.45) is 0 Å². The molecule has 0 spiro atoms. The Hall–Kier alpha value is -0.780. The number of rotatable bonds is 4. The van der Waals surface area contributed by atoms with Crippen LogP contribution < -0.4 is 14.8 Å². The van der Waals surface area contributed by atoms with Crippen molar-refractivity contribution < 1.29 is 14.6 Å². The summed E-state index contributed by atoms with van der Waals surface area (Å²) in [6.07, 6.45) is 5.39. The van der Waals surface area contributed by atoms with Crippen LogP contribution in [0.25, 0.3) is 0 Å². The lowest BCUT2D eigenvalue weighted by molar-refractivity contribution is 0.163. The molecule has 2 aliphatic rings. The molecule has 0 radical (unpaired) electrons. The Balaban J connectivity index is 1.74. The largest absolute Gasteiger partial charge is 0.490 e. The number of ether oxygens (including phenoxy) is 2.